The highest BCUT2D eigenvalue weighted by atomic mass is 16.6. The van der Waals surface area contributed by atoms with Crippen LogP contribution >= 0.6 is 0 Å². The first kappa shape index (κ1) is 23.1. The molecule has 1 aromatic heterocycles. The van der Waals surface area contributed by atoms with Crippen molar-refractivity contribution in [1.29, 1.82) is 0 Å². The average molecular weight is 436 g/mol. The highest BCUT2D eigenvalue weighted by molar-refractivity contribution is 5.93. The van der Waals surface area contributed by atoms with E-state index in [0.717, 1.165) is 16.8 Å². The van der Waals surface area contributed by atoms with Crippen LogP contribution in [0.15, 0.2) is 48.5 Å². The lowest BCUT2D eigenvalue weighted by Gasteiger charge is -2.23. The van der Waals surface area contributed by atoms with Gasteiger partial charge in [0.2, 0.25) is 5.88 Å². The number of benzene rings is 2. The van der Waals surface area contributed by atoms with Gasteiger partial charge < -0.3 is 14.7 Å². The normalized spacial score (nSPS) is 12.3. The number of allylic oxidation sites excluding steroid dienone is 1. The molecule has 7 nitrogen and oxygen atoms in total. The van der Waals surface area contributed by atoms with Crippen LogP contribution in [0.4, 0.5) is 0 Å². The number of aromatic carboxylic acids is 1. The molecule has 1 heterocycles. The molecule has 0 saturated carbocycles. The lowest BCUT2D eigenvalue weighted by atomic mass is 9.82. The zero-order valence-corrected chi connectivity index (χ0v) is 19.3. The number of carboxylic acid groups (broad SMARTS) is 1. The summed E-state index contributed by atoms with van der Waals surface area (Å²) in [4.78, 5) is 17.1. The fourth-order valence-corrected chi connectivity index (χ4v) is 3.76. The molecule has 0 saturated heterocycles. The Kier molecular flexibility index (Phi) is 6.41. The molecule has 0 aliphatic rings. The van der Waals surface area contributed by atoms with E-state index >= 15 is 0 Å². The van der Waals surface area contributed by atoms with Gasteiger partial charge in [-0.25, -0.2) is 9.48 Å². The van der Waals surface area contributed by atoms with Crippen molar-refractivity contribution in [2.24, 2.45) is 12.9 Å². The standard InChI is InChI=1S/C25H29N3O4/c1-15(21-16(2)27-28(6)23(21)31-18-10-8-7-9-11-18)22(32-26)17-12-13-19(24(29)30)20(14-17)25(3,4)5/h7-14H,26H2,1-6H3,(H,29,30)/b22-15+. The molecule has 0 bridgehead atoms. The number of hydrogen-bond donors (Lipinski definition) is 2. The van der Waals surface area contributed by atoms with E-state index in [1.54, 1.807) is 16.8 Å². The largest absolute Gasteiger partial charge is 0.478 e. The zero-order chi connectivity index (χ0) is 23.6. The van der Waals surface area contributed by atoms with Crippen LogP contribution in [0.2, 0.25) is 0 Å². The Hall–Kier alpha value is -3.58. The summed E-state index contributed by atoms with van der Waals surface area (Å²) in [7, 11) is 1.81. The number of nitrogens with two attached hydrogens (primary N) is 1. The van der Waals surface area contributed by atoms with Crippen LogP contribution in [0, 0.1) is 6.92 Å². The van der Waals surface area contributed by atoms with Gasteiger partial charge in [-0.05, 0) is 49.1 Å². The molecule has 7 heteroatoms. The molecule has 0 amide bonds. The molecule has 3 rings (SSSR count). The summed E-state index contributed by atoms with van der Waals surface area (Å²) >= 11 is 0. The Bertz CT molecular complexity index is 1170. The number of rotatable bonds is 6. The van der Waals surface area contributed by atoms with Crippen LogP contribution in [0.5, 0.6) is 11.6 Å². The van der Waals surface area contributed by atoms with Gasteiger partial charge in [0.1, 0.15) is 5.75 Å². The molecule has 32 heavy (non-hydrogen) atoms. The minimum absolute atomic E-state index is 0.251. The number of aryl methyl sites for hydroxylation is 2. The van der Waals surface area contributed by atoms with Gasteiger partial charge in [-0.1, -0.05) is 45.0 Å². The maximum Gasteiger partial charge on any atom is 0.335 e. The van der Waals surface area contributed by atoms with Gasteiger partial charge in [0, 0.05) is 18.2 Å². The van der Waals surface area contributed by atoms with Gasteiger partial charge in [-0.2, -0.15) is 11.0 Å². The number of nitrogens with zero attached hydrogens (tertiary/aromatic N) is 2. The van der Waals surface area contributed by atoms with Crippen LogP contribution < -0.4 is 10.6 Å². The van der Waals surface area contributed by atoms with Crippen molar-refractivity contribution in [3.8, 4) is 11.6 Å². The first-order valence-corrected chi connectivity index (χ1v) is 10.3. The second-order valence-corrected chi connectivity index (χ2v) is 8.69. The lowest BCUT2D eigenvalue weighted by molar-refractivity contribution is 0.0694. The minimum atomic E-state index is -0.973. The molecular formula is C25H29N3O4. The van der Waals surface area contributed by atoms with Crippen LogP contribution in [0.1, 0.15) is 60.4 Å². The zero-order valence-electron chi connectivity index (χ0n) is 19.3. The lowest BCUT2D eigenvalue weighted by Crippen LogP contribution is -2.17. The molecule has 2 aromatic carbocycles. The minimum Gasteiger partial charge on any atom is -0.478 e. The third-order valence-electron chi connectivity index (χ3n) is 5.28. The fraction of sp³-hybridized carbons (Fsp3) is 0.280. The Morgan fingerprint density at radius 1 is 1.12 bits per heavy atom. The van der Waals surface area contributed by atoms with E-state index in [1.165, 1.54) is 0 Å². The smallest absolute Gasteiger partial charge is 0.335 e. The Morgan fingerprint density at radius 3 is 2.34 bits per heavy atom. The number of ether oxygens (including phenoxy) is 1. The first-order chi connectivity index (χ1) is 15.0. The predicted octanol–water partition coefficient (Wildman–Crippen LogP) is 5.30. The molecule has 168 valence electrons. The number of carboxylic acids is 1. The van der Waals surface area contributed by atoms with Gasteiger partial charge in [-0.3, -0.25) is 0 Å². The Morgan fingerprint density at radius 2 is 1.78 bits per heavy atom. The second-order valence-electron chi connectivity index (χ2n) is 8.69. The van der Waals surface area contributed by atoms with Crippen molar-refractivity contribution < 1.29 is 19.5 Å². The molecule has 0 aliphatic carbocycles. The average Bonchev–Trinajstić information content (AvgIpc) is 3.01. The molecule has 3 N–H and O–H groups in total. The van der Waals surface area contributed by atoms with E-state index in [1.807, 2.05) is 78.1 Å². The number of carbonyl (C=O) groups is 1. The van der Waals surface area contributed by atoms with E-state index in [-0.39, 0.29) is 11.0 Å². The SMILES string of the molecule is C/C(=C(\ON)c1ccc(C(=O)O)c(C(C)(C)C)c1)c1c(C)nn(C)c1Oc1ccccc1. The second kappa shape index (κ2) is 8.88. The topological polar surface area (TPSA) is 99.6 Å². The molecule has 0 fully saturated rings. The van der Waals surface area contributed by atoms with Crippen LogP contribution in [-0.2, 0) is 17.3 Å². The molecule has 0 spiro atoms. The quantitative estimate of drug-likeness (QED) is 0.403. The molecule has 0 unspecified atom stereocenters. The summed E-state index contributed by atoms with van der Waals surface area (Å²) in [5, 5.41) is 14.1. The molecule has 3 aromatic rings. The highest BCUT2D eigenvalue weighted by Crippen LogP contribution is 2.37. The summed E-state index contributed by atoms with van der Waals surface area (Å²) in [6.45, 7) is 9.67. The van der Waals surface area contributed by atoms with Crippen LogP contribution in [0.25, 0.3) is 11.3 Å². The van der Waals surface area contributed by atoms with E-state index in [2.05, 4.69) is 5.10 Å². The van der Waals surface area contributed by atoms with Crippen LogP contribution in [-0.4, -0.2) is 20.9 Å². The van der Waals surface area contributed by atoms with Gasteiger partial charge in [-0.15, -0.1) is 0 Å². The van der Waals surface area contributed by atoms with Crippen molar-refractivity contribution in [2.75, 3.05) is 0 Å². The van der Waals surface area contributed by atoms with Crippen molar-refractivity contribution in [3.63, 3.8) is 0 Å². The first-order valence-electron chi connectivity index (χ1n) is 10.3. The Labute approximate surface area is 188 Å². The van der Waals surface area contributed by atoms with E-state index in [9.17, 15) is 9.90 Å². The van der Waals surface area contributed by atoms with E-state index in [4.69, 9.17) is 15.5 Å². The molecule has 0 aliphatic heterocycles. The fourth-order valence-electron chi connectivity index (χ4n) is 3.76. The van der Waals surface area contributed by atoms with Crippen molar-refractivity contribution in [2.45, 2.75) is 40.0 Å². The van der Waals surface area contributed by atoms with Crippen LogP contribution in [0.3, 0.4) is 0 Å². The number of hydrogen-bond acceptors (Lipinski definition) is 5. The maximum atomic E-state index is 11.7. The third-order valence-corrected chi connectivity index (χ3v) is 5.28. The number of para-hydroxylation sites is 1. The van der Waals surface area contributed by atoms with Crippen molar-refractivity contribution >= 4 is 17.3 Å². The Balaban J connectivity index is 2.18. The summed E-state index contributed by atoms with van der Waals surface area (Å²) in [6.07, 6.45) is 0. The van der Waals surface area contributed by atoms with Gasteiger partial charge in [0.05, 0.1) is 16.8 Å². The van der Waals surface area contributed by atoms with Gasteiger partial charge in [0.15, 0.2) is 5.76 Å². The predicted molar refractivity (Wildman–Crippen MR) is 124 cm³/mol. The summed E-state index contributed by atoms with van der Waals surface area (Å²) < 4.78 is 7.80. The third kappa shape index (κ3) is 4.53. The molecule has 0 atom stereocenters. The highest BCUT2D eigenvalue weighted by Gasteiger charge is 2.25. The van der Waals surface area contributed by atoms with Gasteiger partial charge in [0.25, 0.3) is 0 Å². The van der Waals surface area contributed by atoms with E-state index < -0.39 is 5.97 Å². The molecule has 0 radical (unpaired) electrons. The van der Waals surface area contributed by atoms with Gasteiger partial charge >= 0.3 is 5.97 Å². The number of aromatic nitrogens is 2. The summed E-state index contributed by atoms with van der Waals surface area (Å²) in [6, 6.07) is 14.5. The van der Waals surface area contributed by atoms with E-state index in [0.29, 0.717) is 28.5 Å². The monoisotopic (exact) mass is 435 g/mol. The molecular weight excluding hydrogens is 406 g/mol. The maximum absolute atomic E-state index is 11.7. The van der Waals surface area contributed by atoms with Crippen molar-refractivity contribution in [1.82, 2.24) is 9.78 Å². The summed E-state index contributed by atoms with van der Waals surface area (Å²) in [5.74, 6) is 6.40. The van der Waals surface area contributed by atoms with Crippen molar-refractivity contribution in [3.05, 3.63) is 76.5 Å². The summed E-state index contributed by atoms with van der Waals surface area (Å²) in [5.41, 5.74) is 3.47.